The van der Waals surface area contributed by atoms with Gasteiger partial charge in [-0.1, -0.05) is 39.3 Å². The molecule has 250 valence electrons. The van der Waals surface area contributed by atoms with Gasteiger partial charge in [-0.15, -0.1) is 0 Å². The van der Waals surface area contributed by atoms with Gasteiger partial charge in [0, 0.05) is 0 Å². The van der Waals surface area contributed by atoms with E-state index in [-0.39, 0.29) is 17.6 Å². The van der Waals surface area contributed by atoms with Crippen molar-refractivity contribution in [2.75, 3.05) is 13.2 Å². The predicted molar refractivity (Wildman–Crippen MR) is 184 cm³/mol. The van der Waals surface area contributed by atoms with E-state index < -0.39 is 11.9 Å². The first-order chi connectivity index (χ1) is 23.2. The number of ether oxygens (including phenoxy) is 4. The molecule has 9 heteroatoms. The van der Waals surface area contributed by atoms with Crippen LogP contribution < -0.4 is 14.2 Å². The van der Waals surface area contributed by atoms with Crippen LogP contribution in [0.15, 0.2) is 101 Å². The second-order valence-corrected chi connectivity index (χ2v) is 11.4. The van der Waals surface area contributed by atoms with E-state index in [0.717, 1.165) is 36.9 Å². The van der Waals surface area contributed by atoms with Crippen LogP contribution in [0.2, 0.25) is 0 Å². The molecule has 0 aromatic heterocycles. The number of benzene rings is 4. The summed E-state index contributed by atoms with van der Waals surface area (Å²) in [6.45, 7) is 8.62. The van der Waals surface area contributed by atoms with E-state index >= 15 is 0 Å². The molecule has 0 saturated heterocycles. The summed E-state index contributed by atoms with van der Waals surface area (Å²) >= 11 is 0. The molecule has 0 saturated carbocycles. The van der Waals surface area contributed by atoms with Crippen molar-refractivity contribution in [1.82, 2.24) is 0 Å². The summed E-state index contributed by atoms with van der Waals surface area (Å²) < 4.78 is 22.0. The van der Waals surface area contributed by atoms with Crippen LogP contribution in [-0.2, 0) is 16.0 Å². The Bertz CT molecular complexity index is 1680. The van der Waals surface area contributed by atoms with Crippen LogP contribution >= 0.6 is 0 Å². The number of nitrogens with zero attached hydrogens (tertiary/aromatic N) is 2. The molecule has 48 heavy (non-hydrogen) atoms. The maximum absolute atomic E-state index is 12.8. The highest BCUT2D eigenvalue weighted by atomic mass is 16.5. The zero-order valence-electron chi connectivity index (χ0n) is 27.9. The molecular weight excluding hydrogens is 608 g/mol. The Morgan fingerprint density at radius 1 is 0.688 bits per heavy atom. The van der Waals surface area contributed by atoms with E-state index in [2.05, 4.69) is 29.3 Å². The SMILES string of the molecule is CCCc1ccc(/N=N/c2ccc(OC(=O)c3ccc(OC(=O)c4ccc(OCCCCOC(=O)C(C)CC)cc4)cc3)c(C)c2)cc1. The van der Waals surface area contributed by atoms with Crippen molar-refractivity contribution in [1.29, 1.82) is 0 Å². The van der Waals surface area contributed by atoms with Crippen molar-refractivity contribution < 1.29 is 33.3 Å². The van der Waals surface area contributed by atoms with E-state index in [4.69, 9.17) is 18.9 Å². The number of carbonyl (C=O) groups excluding carboxylic acids is 3. The highest BCUT2D eigenvalue weighted by Crippen LogP contribution is 2.27. The maximum atomic E-state index is 12.8. The first kappa shape index (κ1) is 35.5. The number of esters is 3. The fourth-order valence-electron chi connectivity index (χ4n) is 4.49. The fourth-order valence-corrected chi connectivity index (χ4v) is 4.49. The smallest absolute Gasteiger partial charge is 0.343 e. The van der Waals surface area contributed by atoms with Crippen LogP contribution in [-0.4, -0.2) is 31.1 Å². The van der Waals surface area contributed by atoms with Gasteiger partial charge in [0.2, 0.25) is 0 Å². The highest BCUT2D eigenvalue weighted by Gasteiger charge is 2.14. The van der Waals surface area contributed by atoms with Gasteiger partial charge in [-0.25, -0.2) is 9.59 Å². The number of azo groups is 1. The number of hydrogen-bond acceptors (Lipinski definition) is 9. The lowest BCUT2D eigenvalue weighted by atomic mass is 10.1. The van der Waals surface area contributed by atoms with Crippen molar-refractivity contribution in [3.05, 3.63) is 113 Å². The van der Waals surface area contributed by atoms with Gasteiger partial charge in [-0.3, -0.25) is 4.79 Å². The quantitative estimate of drug-likeness (QED) is 0.0514. The average Bonchev–Trinajstić information content (AvgIpc) is 3.10. The molecule has 0 spiro atoms. The lowest BCUT2D eigenvalue weighted by Gasteiger charge is -2.10. The van der Waals surface area contributed by atoms with E-state index in [9.17, 15) is 14.4 Å². The summed E-state index contributed by atoms with van der Waals surface area (Å²) in [4.78, 5) is 37.2. The number of aryl methyl sites for hydroxylation is 2. The van der Waals surface area contributed by atoms with Gasteiger partial charge in [0.15, 0.2) is 0 Å². The standard InChI is InChI=1S/C39H42N2O7/c1-5-9-29-10-16-32(17-11-29)40-41-33-18-23-36(28(4)26-33)48-39(44)31-14-21-35(22-15-31)47-38(43)30-12-19-34(20-13-30)45-24-7-8-25-46-37(42)27(3)6-2/h10-23,26-27H,5-9,24-25H2,1-4H3/b41-40+. The summed E-state index contributed by atoms with van der Waals surface area (Å²) in [5, 5.41) is 8.61. The molecule has 0 heterocycles. The zero-order chi connectivity index (χ0) is 34.3. The third-order valence-electron chi connectivity index (χ3n) is 7.57. The Morgan fingerprint density at radius 3 is 1.90 bits per heavy atom. The lowest BCUT2D eigenvalue weighted by Crippen LogP contribution is -2.15. The van der Waals surface area contributed by atoms with Crippen LogP contribution in [0.1, 0.15) is 78.3 Å². The molecule has 0 aliphatic rings. The molecule has 4 aromatic rings. The number of rotatable bonds is 16. The largest absolute Gasteiger partial charge is 0.494 e. The Morgan fingerprint density at radius 2 is 1.27 bits per heavy atom. The summed E-state index contributed by atoms with van der Waals surface area (Å²) in [5.41, 5.74) is 4.07. The monoisotopic (exact) mass is 650 g/mol. The highest BCUT2D eigenvalue weighted by molar-refractivity contribution is 5.93. The fraction of sp³-hybridized carbons (Fsp3) is 0.308. The molecule has 1 unspecified atom stereocenters. The normalized spacial score (nSPS) is 11.6. The molecule has 0 bridgehead atoms. The van der Waals surface area contributed by atoms with E-state index in [1.165, 1.54) is 29.8 Å². The minimum atomic E-state index is -0.541. The second-order valence-electron chi connectivity index (χ2n) is 11.4. The minimum Gasteiger partial charge on any atom is -0.494 e. The molecule has 4 rings (SSSR count). The first-order valence-electron chi connectivity index (χ1n) is 16.3. The van der Waals surface area contributed by atoms with Gasteiger partial charge in [-0.2, -0.15) is 10.2 Å². The van der Waals surface area contributed by atoms with Crippen molar-refractivity contribution in [2.24, 2.45) is 16.1 Å². The average molecular weight is 651 g/mol. The molecular formula is C39H42N2O7. The Labute approximate surface area is 281 Å². The Hall–Kier alpha value is -5.31. The molecule has 4 aromatic carbocycles. The van der Waals surface area contributed by atoms with Crippen LogP contribution in [0, 0.1) is 12.8 Å². The third kappa shape index (κ3) is 10.9. The maximum Gasteiger partial charge on any atom is 0.343 e. The van der Waals surface area contributed by atoms with Crippen molar-refractivity contribution >= 4 is 29.3 Å². The van der Waals surface area contributed by atoms with Crippen LogP contribution in [0.5, 0.6) is 17.2 Å². The van der Waals surface area contributed by atoms with Gasteiger partial charge < -0.3 is 18.9 Å². The first-order valence-corrected chi connectivity index (χ1v) is 16.3. The number of carbonyl (C=O) groups is 3. The topological polar surface area (TPSA) is 113 Å². The van der Waals surface area contributed by atoms with Crippen LogP contribution in [0.3, 0.4) is 0 Å². The molecule has 0 aliphatic carbocycles. The number of unbranched alkanes of at least 4 members (excludes halogenated alkanes) is 1. The van der Waals surface area contributed by atoms with Gasteiger partial charge in [0.25, 0.3) is 0 Å². The van der Waals surface area contributed by atoms with E-state index in [0.29, 0.717) is 47.9 Å². The van der Waals surface area contributed by atoms with E-state index in [1.54, 1.807) is 42.5 Å². The van der Waals surface area contributed by atoms with Crippen LogP contribution in [0.25, 0.3) is 0 Å². The molecule has 0 N–H and O–H groups in total. The van der Waals surface area contributed by atoms with Gasteiger partial charge in [0.1, 0.15) is 17.2 Å². The molecule has 1 atom stereocenters. The van der Waals surface area contributed by atoms with Crippen molar-refractivity contribution in [3.8, 4) is 17.2 Å². The summed E-state index contributed by atoms with van der Waals surface area (Å²) in [5.74, 6) is -0.0184. The van der Waals surface area contributed by atoms with E-state index in [1.807, 2.05) is 32.9 Å². The van der Waals surface area contributed by atoms with Crippen molar-refractivity contribution in [2.45, 2.75) is 59.8 Å². The van der Waals surface area contributed by atoms with Crippen molar-refractivity contribution in [3.63, 3.8) is 0 Å². The molecule has 0 amide bonds. The number of hydrogen-bond donors (Lipinski definition) is 0. The zero-order valence-corrected chi connectivity index (χ0v) is 27.9. The van der Waals surface area contributed by atoms with Gasteiger partial charge >= 0.3 is 17.9 Å². The molecule has 9 nitrogen and oxygen atoms in total. The Balaban J connectivity index is 1.21. The molecule has 0 fully saturated rings. The van der Waals surface area contributed by atoms with Crippen LogP contribution in [0.4, 0.5) is 11.4 Å². The summed E-state index contributed by atoms with van der Waals surface area (Å²) in [6, 6.07) is 26.0. The molecule has 0 radical (unpaired) electrons. The lowest BCUT2D eigenvalue weighted by molar-refractivity contribution is -0.148. The molecule has 0 aliphatic heterocycles. The minimum absolute atomic E-state index is 0.0847. The summed E-state index contributed by atoms with van der Waals surface area (Å²) in [6.07, 6.45) is 4.32. The van der Waals surface area contributed by atoms with Gasteiger partial charge in [-0.05, 0) is 123 Å². The third-order valence-corrected chi connectivity index (χ3v) is 7.57. The van der Waals surface area contributed by atoms with Gasteiger partial charge in [0.05, 0.1) is 41.6 Å². The second kappa shape index (κ2) is 18.1. The Kier molecular flexibility index (Phi) is 13.4. The summed E-state index contributed by atoms with van der Waals surface area (Å²) in [7, 11) is 0. The predicted octanol–water partition coefficient (Wildman–Crippen LogP) is 9.55.